The maximum absolute atomic E-state index is 12.7. The number of hydrogen-bond acceptors (Lipinski definition) is 9. The number of pyridine rings is 1. The van der Waals surface area contributed by atoms with E-state index in [1.54, 1.807) is 29.0 Å². The Balaban J connectivity index is 1.35. The number of carbonyl (C=O) groups excluding carboxylic acids is 4. The van der Waals surface area contributed by atoms with Crippen LogP contribution in [-0.4, -0.2) is 88.4 Å². The molecule has 7 amide bonds. The third-order valence-corrected chi connectivity index (χ3v) is 7.75. The van der Waals surface area contributed by atoms with E-state index in [-0.39, 0.29) is 33.4 Å². The summed E-state index contributed by atoms with van der Waals surface area (Å²) >= 11 is 3.03. The maximum atomic E-state index is 12.7. The smallest absolute Gasteiger partial charge is 0.405 e. The van der Waals surface area contributed by atoms with E-state index in [0.29, 0.717) is 9.91 Å². The number of amides is 7. The summed E-state index contributed by atoms with van der Waals surface area (Å²) in [5.74, 6) is -2.02. The number of halogens is 1. The third-order valence-electron chi connectivity index (χ3n) is 5.64. The highest BCUT2D eigenvalue weighted by molar-refractivity contribution is 9.10. The van der Waals surface area contributed by atoms with Crippen molar-refractivity contribution in [2.45, 2.75) is 12.6 Å². The normalized spacial score (nSPS) is 16.8. The molecule has 19 heteroatoms. The zero-order chi connectivity index (χ0) is 29.2. The first kappa shape index (κ1) is 28.4. The molecular formula is C21H20BrN7O10S. The van der Waals surface area contributed by atoms with Crippen molar-refractivity contribution in [3.8, 4) is 5.75 Å². The summed E-state index contributed by atoms with van der Waals surface area (Å²) in [6.07, 6.45) is -0.337. The number of carboxylic acid groups (broad SMARTS) is 1. The predicted molar refractivity (Wildman–Crippen MR) is 136 cm³/mol. The number of nitrogens with one attached hydrogen (secondary N) is 4. The van der Waals surface area contributed by atoms with Crippen LogP contribution in [0.15, 0.2) is 45.8 Å². The number of likely N-dealkylation sites (tertiary alicyclic amines) is 1. The number of β-lactam (4-membered cyclic amide) rings is 1. The molecule has 0 spiro atoms. The molecule has 2 fully saturated rings. The summed E-state index contributed by atoms with van der Waals surface area (Å²) in [6.45, 7) is -1.10. The average Bonchev–Trinajstić information content (AvgIpc) is 3.27. The van der Waals surface area contributed by atoms with Gasteiger partial charge in [-0.25, -0.2) is 28.4 Å². The molecule has 0 radical (unpaired) electrons. The van der Waals surface area contributed by atoms with Gasteiger partial charge >= 0.3 is 28.4 Å². The fraction of sp³-hybridized carbons (Fsp3) is 0.238. The van der Waals surface area contributed by atoms with Gasteiger partial charge in [0.05, 0.1) is 24.1 Å². The number of aromatic nitrogens is 1. The molecule has 2 aliphatic rings. The molecule has 4 rings (SSSR count). The van der Waals surface area contributed by atoms with Crippen LogP contribution in [0.4, 0.5) is 14.4 Å². The van der Waals surface area contributed by atoms with Gasteiger partial charge in [-0.1, -0.05) is 30.3 Å². The van der Waals surface area contributed by atoms with Crippen molar-refractivity contribution >= 4 is 56.1 Å². The fourth-order valence-electron chi connectivity index (χ4n) is 3.60. The molecule has 0 aliphatic carbocycles. The lowest BCUT2D eigenvalue weighted by Crippen LogP contribution is -2.67. The SMILES string of the molecule is O=C(O)N[C@H]1CN(C(=O)NS(=O)(=O)N2CCN(NC(=O)c3[nH]cc(OCc4ccccc4)c(=O)c3Br)C2=O)C1=O. The van der Waals surface area contributed by atoms with Crippen LogP contribution < -0.4 is 25.6 Å². The number of benzene rings is 1. The number of carbonyl (C=O) groups is 5. The van der Waals surface area contributed by atoms with Gasteiger partial charge in [0.2, 0.25) is 5.43 Å². The number of H-pyrrole nitrogens is 1. The first-order valence-corrected chi connectivity index (χ1v) is 13.5. The number of ether oxygens (including phenoxy) is 1. The average molecular weight is 642 g/mol. The molecule has 1 atom stereocenters. The molecular weight excluding hydrogens is 622 g/mol. The van der Waals surface area contributed by atoms with Gasteiger partial charge < -0.3 is 20.1 Å². The second-order valence-electron chi connectivity index (χ2n) is 8.26. The van der Waals surface area contributed by atoms with Crippen molar-refractivity contribution in [2.24, 2.45) is 0 Å². The Bertz CT molecular complexity index is 1550. The van der Waals surface area contributed by atoms with Crippen LogP contribution in [0.1, 0.15) is 16.1 Å². The van der Waals surface area contributed by atoms with Crippen LogP contribution in [0.3, 0.4) is 0 Å². The molecule has 1 aromatic carbocycles. The number of hydrogen-bond donors (Lipinski definition) is 5. The van der Waals surface area contributed by atoms with E-state index in [1.165, 1.54) is 0 Å². The lowest BCUT2D eigenvalue weighted by Gasteiger charge is -2.36. The first-order chi connectivity index (χ1) is 18.9. The molecule has 1 aromatic heterocycles. The highest BCUT2D eigenvalue weighted by Gasteiger charge is 2.45. The van der Waals surface area contributed by atoms with Crippen LogP contribution in [0.25, 0.3) is 0 Å². The predicted octanol–water partition coefficient (Wildman–Crippen LogP) is -0.468. The summed E-state index contributed by atoms with van der Waals surface area (Å²) < 4.78 is 32.3. The van der Waals surface area contributed by atoms with Crippen molar-refractivity contribution < 1.29 is 42.2 Å². The van der Waals surface area contributed by atoms with Gasteiger partial charge in [-0.15, -0.1) is 0 Å². The minimum atomic E-state index is -4.80. The molecule has 2 aromatic rings. The zero-order valence-electron chi connectivity index (χ0n) is 20.1. The third kappa shape index (κ3) is 5.83. The standard InChI is InChI=1S/C21H20BrN7O10S/c22-14-15(23-8-13(16(14)30)39-10-11-4-2-1-3-5-11)17(31)25-28-6-7-29(21(28)36)40(37,38)26-19(33)27-9-12(18(27)32)24-20(34)35/h1-5,8,12,24H,6-7,9-10H2,(H,23,30)(H,25,31)(H,26,33)(H,34,35)/t12-/m0/s1. The van der Waals surface area contributed by atoms with Crippen LogP contribution in [0, 0.1) is 0 Å². The molecule has 2 aliphatic heterocycles. The number of urea groups is 2. The largest absolute Gasteiger partial charge is 0.483 e. The molecule has 212 valence electrons. The minimum absolute atomic E-state index is 0.0803. The van der Waals surface area contributed by atoms with Crippen molar-refractivity contribution in [3.05, 3.63) is 62.5 Å². The van der Waals surface area contributed by atoms with Crippen molar-refractivity contribution in [3.63, 3.8) is 0 Å². The number of nitrogens with zero attached hydrogens (tertiary/aromatic N) is 3. The van der Waals surface area contributed by atoms with Crippen molar-refractivity contribution in [1.29, 1.82) is 0 Å². The highest BCUT2D eigenvalue weighted by Crippen LogP contribution is 2.17. The summed E-state index contributed by atoms with van der Waals surface area (Å²) in [7, 11) is -4.80. The van der Waals surface area contributed by atoms with Gasteiger partial charge in [0.25, 0.3) is 11.8 Å². The number of aromatic amines is 1. The van der Waals surface area contributed by atoms with E-state index in [1.807, 2.05) is 11.4 Å². The Kier molecular flexibility index (Phi) is 7.96. The maximum Gasteiger partial charge on any atom is 0.405 e. The monoisotopic (exact) mass is 641 g/mol. The van der Waals surface area contributed by atoms with Gasteiger partial charge in [-0.2, -0.15) is 8.42 Å². The molecule has 0 bridgehead atoms. The summed E-state index contributed by atoms with van der Waals surface area (Å²) in [5, 5.41) is 11.1. The number of rotatable bonds is 8. The van der Waals surface area contributed by atoms with Crippen LogP contribution in [0.2, 0.25) is 0 Å². The van der Waals surface area contributed by atoms with E-state index < -0.39 is 64.7 Å². The second kappa shape index (κ2) is 11.2. The van der Waals surface area contributed by atoms with E-state index >= 15 is 0 Å². The molecule has 17 nitrogen and oxygen atoms in total. The Morgan fingerprint density at radius 3 is 2.48 bits per heavy atom. The summed E-state index contributed by atoms with van der Waals surface area (Å²) in [5.41, 5.74) is 2.05. The Hall–Kier alpha value is -4.65. The quantitative estimate of drug-likeness (QED) is 0.233. The molecule has 2 saturated heterocycles. The van der Waals surface area contributed by atoms with Crippen LogP contribution in [-0.2, 0) is 21.6 Å². The van der Waals surface area contributed by atoms with Gasteiger partial charge in [0.1, 0.15) is 18.3 Å². The Morgan fingerprint density at radius 2 is 1.82 bits per heavy atom. The van der Waals surface area contributed by atoms with Gasteiger partial charge in [-0.05, 0) is 21.5 Å². The summed E-state index contributed by atoms with van der Waals surface area (Å²) in [4.78, 5) is 75.7. The van der Waals surface area contributed by atoms with E-state index in [2.05, 4.69) is 26.3 Å². The van der Waals surface area contributed by atoms with Crippen molar-refractivity contribution in [2.75, 3.05) is 19.6 Å². The van der Waals surface area contributed by atoms with E-state index in [4.69, 9.17) is 9.84 Å². The van der Waals surface area contributed by atoms with Crippen LogP contribution >= 0.6 is 15.9 Å². The second-order valence-corrected chi connectivity index (χ2v) is 10.6. The van der Waals surface area contributed by atoms with Crippen LogP contribution in [0.5, 0.6) is 5.75 Å². The molecule has 0 unspecified atom stereocenters. The topological polar surface area (TPSA) is 228 Å². The van der Waals surface area contributed by atoms with Gasteiger partial charge in [-0.3, -0.25) is 24.7 Å². The van der Waals surface area contributed by atoms with Crippen molar-refractivity contribution in [1.82, 2.24) is 34.7 Å². The lowest BCUT2D eigenvalue weighted by molar-refractivity contribution is -0.138. The molecule has 40 heavy (non-hydrogen) atoms. The molecule has 5 N–H and O–H groups in total. The fourth-order valence-corrected chi connectivity index (χ4v) is 5.16. The lowest BCUT2D eigenvalue weighted by atomic mass is 10.1. The van der Waals surface area contributed by atoms with Gasteiger partial charge in [0, 0.05) is 6.20 Å². The molecule has 0 saturated carbocycles. The van der Waals surface area contributed by atoms with E-state index in [0.717, 1.165) is 11.8 Å². The number of hydrazine groups is 1. The Morgan fingerprint density at radius 1 is 1.12 bits per heavy atom. The summed E-state index contributed by atoms with van der Waals surface area (Å²) in [6, 6.07) is 5.20. The minimum Gasteiger partial charge on any atom is -0.483 e. The number of imide groups is 1. The molecule has 3 heterocycles. The Labute approximate surface area is 233 Å². The zero-order valence-corrected chi connectivity index (χ0v) is 22.5. The van der Waals surface area contributed by atoms with E-state index in [9.17, 15) is 37.2 Å². The highest BCUT2D eigenvalue weighted by atomic mass is 79.9. The first-order valence-electron chi connectivity index (χ1n) is 11.2. The van der Waals surface area contributed by atoms with Gasteiger partial charge in [0.15, 0.2) is 5.75 Å².